The zero-order valence-corrected chi connectivity index (χ0v) is 14.8. The van der Waals surface area contributed by atoms with E-state index in [9.17, 15) is 0 Å². The summed E-state index contributed by atoms with van der Waals surface area (Å²) < 4.78 is 3.80. The van der Waals surface area contributed by atoms with Gasteiger partial charge in [0.25, 0.3) is 0 Å². The van der Waals surface area contributed by atoms with E-state index in [0.717, 1.165) is 31.0 Å². The summed E-state index contributed by atoms with van der Waals surface area (Å²) in [5.74, 6) is 0. The van der Waals surface area contributed by atoms with Crippen LogP contribution in [0, 0.1) is 13.8 Å². The molecule has 2 N–H and O–H groups in total. The maximum absolute atomic E-state index is 9.10. The molecule has 132 valence electrons. The number of nitrogens with zero attached hydrogens (tertiary/aromatic N) is 4. The number of rotatable bonds is 8. The predicted octanol–water partition coefficient (Wildman–Crippen LogP) is 2.03. The van der Waals surface area contributed by atoms with Gasteiger partial charge < -0.3 is 10.4 Å². The standard InChI is InChI=1S/C19H25N5O/c1-15-19(16(2)24(22-15)9-10-25)13-20-12-17-5-3-6-18(11-17)14-23-8-4-7-21-23/h3-8,11,20,25H,9-10,12-14H2,1-2H3. The zero-order valence-electron chi connectivity index (χ0n) is 14.8. The highest BCUT2D eigenvalue weighted by Crippen LogP contribution is 2.13. The SMILES string of the molecule is Cc1nn(CCO)c(C)c1CNCc1cccc(Cn2cccn2)c1. The average molecular weight is 339 g/mol. The molecule has 0 bridgehead atoms. The summed E-state index contributed by atoms with van der Waals surface area (Å²) in [4.78, 5) is 0. The van der Waals surface area contributed by atoms with E-state index in [4.69, 9.17) is 5.11 Å². The third kappa shape index (κ3) is 4.35. The van der Waals surface area contributed by atoms with Crippen molar-refractivity contribution in [3.05, 3.63) is 70.8 Å². The zero-order chi connectivity index (χ0) is 17.6. The Morgan fingerprint density at radius 3 is 2.72 bits per heavy atom. The molecular formula is C19H25N5O. The Morgan fingerprint density at radius 1 is 1.12 bits per heavy atom. The highest BCUT2D eigenvalue weighted by atomic mass is 16.3. The number of benzene rings is 1. The van der Waals surface area contributed by atoms with Crippen LogP contribution in [0.4, 0.5) is 0 Å². The molecule has 6 heteroatoms. The minimum atomic E-state index is 0.109. The molecule has 0 radical (unpaired) electrons. The summed E-state index contributed by atoms with van der Waals surface area (Å²) in [5, 5.41) is 21.3. The van der Waals surface area contributed by atoms with Gasteiger partial charge in [0.2, 0.25) is 0 Å². The van der Waals surface area contributed by atoms with E-state index in [0.29, 0.717) is 6.54 Å². The first-order valence-corrected chi connectivity index (χ1v) is 8.57. The molecule has 2 heterocycles. The van der Waals surface area contributed by atoms with E-state index in [1.54, 1.807) is 6.20 Å². The molecule has 2 aromatic heterocycles. The van der Waals surface area contributed by atoms with Crippen LogP contribution < -0.4 is 5.32 Å². The Morgan fingerprint density at radius 2 is 1.96 bits per heavy atom. The van der Waals surface area contributed by atoms with Crippen LogP contribution in [0.2, 0.25) is 0 Å². The van der Waals surface area contributed by atoms with Gasteiger partial charge in [0.1, 0.15) is 0 Å². The molecule has 1 aromatic carbocycles. The fourth-order valence-corrected chi connectivity index (χ4v) is 3.05. The first-order valence-electron chi connectivity index (χ1n) is 8.57. The number of aliphatic hydroxyl groups is 1. The maximum atomic E-state index is 9.10. The molecule has 0 amide bonds. The van der Waals surface area contributed by atoms with E-state index in [2.05, 4.69) is 46.7 Å². The topological polar surface area (TPSA) is 67.9 Å². The van der Waals surface area contributed by atoms with E-state index in [1.807, 2.05) is 28.6 Å². The lowest BCUT2D eigenvalue weighted by Gasteiger charge is -2.08. The lowest BCUT2D eigenvalue weighted by molar-refractivity contribution is 0.267. The van der Waals surface area contributed by atoms with Crippen molar-refractivity contribution in [3.63, 3.8) is 0 Å². The summed E-state index contributed by atoms with van der Waals surface area (Å²) in [6.45, 7) is 7.08. The van der Waals surface area contributed by atoms with Crippen molar-refractivity contribution in [1.82, 2.24) is 24.9 Å². The molecule has 3 aromatic rings. The number of aliphatic hydroxyl groups excluding tert-OH is 1. The van der Waals surface area contributed by atoms with Crippen molar-refractivity contribution < 1.29 is 5.11 Å². The first-order chi connectivity index (χ1) is 12.2. The van der Waals surface area contributed by atoms with E-state index in [-0.39, 0.29) is 6.61 Å². The van der Waals surface area contributed by atoms with E-state index < -0.39 is 0 Å². The molecule has 0 spiro atoms. The molecule has 25 heavy (non-hydrogen) atoms. The summed E-state index contributed by atoms with van der Waals surface area (Å²) in [6, 6.07) is 10.5. The van der Waals surface area contributed by atoms with Crippen molar-refractivity contribution >= 4 is 0 Å². The normalized spacial score (nSPS) is 11.2. The molecule has 3 rings (SSSR count). The fourth-order valence-electron chi connectivity index (χ4n) is 3.05. The van der Waals surface area contributed by atoms with Gasteiger partial charge in [-0.2, -0.15) is 10.2 Å². The number of aromatic nitrogens is 4. The van der Waals surface area contributed by atoms with Gasteiger partial charge in [-0.3, -0.25) is 9.36 Å². The van der Waals surface area contributed by atoms with Crippen molar-refractivity contribution in [1.29, 1.82) is 0 Å². The van der Waals surface area contributed by atoms with E-state index in [1.165, 1.54) is 16.7 Å². The molecule has 0 unspecified atom stereocenters. The molecular weight excluding hydrogens is 314 g/mol. The van der Waals surface area contributed by atoms with Gasteiger partial charge in [0.15, 0.2) is 0 Å². The molecule has 0 saturated carbocycles. The second-order valence-corrected chi connectivity index (χ2v) is 6.22. The summed E-state index contributed by atoms with van der Waals surface area (Å²) in [6.07, 6.45) is 3.77. The molecule has 0 aliphatic heterocycles. The van der Waals surface area contributed by atoms with Crippen molar-refractivity contribution in [2.75, 3.05) is 6.61 Å². The molecule has 0 atom stereocenters. The van der Waals surface area contributed by atoms with Gasteiger partial charge in [-0.05, 0) is 31.0 Å². The number of aryl methyl sites for hydroxylation is 1. The van der Waals surface area contributed by atoms with Crippen LogP contribution in [-0.4, -0.2) is 31.3 Å². The van der Waals surface area contributed by atoms with Gasteiger partial charge in [0, 0.05) is 36.7 Å². The Bertz CT molecular complexity index is 807. The quantitative estimate of drug-likeness (QED) is 0.659. The summed E-state index contributed by atoms with van der Waals surface area (Å²) in [5.41, 5.74) is 5.84. The third-order valence-corrected chi connectivity index (χ3v) is 4.37. The number of hydrogen-bond donors (Lipinski definition) is 2. The average Bonchev–Trinajstić information content (AvgIpc) is 3.19. The summed E-state index contributed by atoms with van der Waals surface area (Å²) >= 11 is 0. The van der Waals surface area contributed by atoms with Crippen molar-refractivity contribution in [2.45, 2.75) is 40.0 Å². The molecule has 6 nitrogen and oxygen atoms in total. The summed E-state index contributed by atoms with van der Waals surface area (Å²) in [7, 11) is 0. The smallest absolute Gasteiger partial charge is 0.0659 e. The van der Waals surface area contributed by atoms with Crippen LogP contribution >= 0.6 is 0 Å². The van der Waals surface area contributed by atoms with Gasteiger partial charge in [-0.25, -0.2) is 0 Å². The van der Waals surface area contributed by atoms with Crippen LogP contribution in [-0.2, 0) is 26.2 Å². The Labute approximate surface area is 148 Å². The second-order valence-electron chi connectivity index (χ2n) is 6.22. The maximum Gasteiger partial charge on any atom is 0.0659 e. The predicted molar refractivity (Wildman–Crippen MR) is 97.1 cm³/mol. The van der Waals surface area contributed by atoms with Gasteiger partial charge >= 0.3 is 0 Å². The minimum Gasteiger partial charge on any atom is -0.394 e. The van der Waals surface area contributed by atoms with Crippen molar-refractivity contribution in [2.24, 2.45) is 0 Å². The lowest BCUT2D eigenvalue weighted by atomic mass is 10.1. The highest BCUT2D eigenvalue weighted by Gasteiger charge is 2.10. The Hall–Kier alpha value is -2.44. The van der Waals surface area contributed by atoms with Gasteiger partial charge in [0.05, 0.1) is 25.4 Å². The Kier molecular flexibility index (Phi) is 5.63. The van der Waals surface area contributed by atoms with E-state index >= 15 is 0 Å². The van der Waals surface area contributed by atoms with Crippen LogP contribution in [0.1, 0.15) is 28.1 Å². The lowest BCUT2D eigenvalue weighted by Crippen LogP contribution is -2.14. The second kappa shape index (κ2) is 8.09. The van der Waals surface area contributed by atoms with Gasteiger partial charge in [-0.15, -0.1) is 0 Å². The third-order valence-electron chi connectivity index (χ3n) is 4.37. The number of hydrogen-bond acceptors (Lipinski definition) is 4. The van der Waals surface area contributed by atoms with Crippen LogP contribution in [0.3, 0.4) is 0 Å². The van der Waals surface area contributed by atoms with Gasteiger partial charge in [-0.1, -0.05) is 24.3 Å². The van der Waals surface area contributed by atoms with Crippen LogP contribution in [0.25, 0.3) is 0 Å². The van der Waals surface area contributed by atoms with Crippen LogP contribution in [0.15, 0.2) is 42.7 Å². The first kappa shape index (κ1) is 17.4. The minimum absolute atomic E-state index is 0.109. The van der Waals surface area contributed by atoms with Crippen molar-refractivity contribution in [3.8, 4) is 0 Å². The fraction of sp³-hybridized carbons (Fsp3) is 0.368. The highest BCUT2D eigenvalue weighted by molar-refractivity contribution is 5.26. The molecule has 0 fully saturated rings. The largest absolute Gasteiger partial charge is 0.394 e. The van der Waals surface area contributed by atoms with Crippen LogP contribution in [0.5, 0.6) is 0 Å². The molecule has 0 aliphatic rings. The molecule has 0 saturated heterocycles. The number of nitrogens with one attached hydrogen (secondary N) is 1. The Balaban J connectivity index is 1.59. The monoisotopic (exact) mass is 339 g/mol. The molecule has 0 aliphatic carbocycles.